The summed E-state index contributed by atoms with van der Waals surface area (Å²) in [6.07, 6.45) is 1.69. The van der Waals surface area contributed by atoms with Crippen LogP contribution in [0.15, 0.2) is 71.3 Å². The highest BCUT2D eigenvalue weighted by molar-refractivity contribution is 6.30. The molecule has 0 saturated carbocycles. The van der Waals surface area contributed by atoms with Crippen molar-refractivity contribution in [2.24, 2.45) is 0 Å². The fraction of sp³-hybridized carbons (Fsp3) is 0.0556. The maximum atomic E-state index is 5.97. The van der Waals surface area contributed by atoms with Gasteiger partial charge in [0.15, 0.2) is 11.0 Å². The molecule has 108 valence electrons. The van der Waals surface area contributed by atoms with Crippen molar-refractivity contribution in [1.82, 2.24) is 4.98 Å². The minimum absolute atomic E-state index is 0.747. The lowest BCUT2D eigenvalue weighted by Gasteiger charge is -2.02. The molecule has 0 saturated heterocycles. The topological polar surface area (TPSA) is 32.8 Å². The Kier molecular flexibility index (Phi) is 3.20. The van der Waals surface area contributed by atoms with Crippen molar-refractivity contribution in [2.45, 2.75) is 6.54 Å². The average molecular weight is 310 g/mol. The molecule has 0 aliphatic rings. The van der Waals surface area contributed by atoms with Gasteiger partial charge in [-0.2, -0.15) is 0 Å². The number of furan rings is 1. The molecule has 0 amide bonds. The third-order valence-corrected chi connectivity index (χ3v) is 3.98. The zero-order valence-electron chi connectivity index (χ0n) is 11.8. The third-order valence-electron chi connectivity index (χ3n) is 3.73. The van der Waals surface area contributed by atoms with Gasteiger partial charge in [-0.15, -0.1) is 0 Å². The average Bonchev–Trinajstić information content (AvgIpc) is 3.18. The summed E-state index contributed by atoms with van der Waals surface area (Å²) in [6, 6.07) is 20.0. The van der Waals surface area contributed by atoms with E-state index in [1.165, 1.54) is 5.56 Å². The summed E-state index contributed by atoms with van der Waals surface area (Å²) in [5.41, 5.74) is 3.42. The zero-order chi connectivity index (χ0) is 14.9. The van der Waals surface area contributed by atoms with E-state index in [4.69, 9.17) is 16.0 Å². The van der Waals surface area contributed by atoms with Crippen molar-refractivity contribution in [1.29, 1.82) is 0 Å². The van der Waals surface area contributed by atoms with Crippen molar-refractivity contribution in [2.75, 3.05) is 0 Å². The number of para-hydroxylation sites is 2. The van der Waals surface area contributed by atoms with Crippen molar-refractivity contribution in [3.8, 4) is 11.6 Å². The molecule has 4 heteroatoms. The molecule has 0 spiro atoms. The molecule has 2 aromatic carbocycles. The van der Waals surface area contributed by atoms with Crippen LogP contribution in [0.1, 0.15) is 5.56 Å². The minimum Gasteiger partial charge on any atom is -0.456 e. The molecule has 0 fully saturated rings. The van der Waals surface area contributed by atoms with Gasteiger partial charge in [-0.25, -0.2) is 9.55 Å². The van der Waals surface area contributed by atoms with E-state index in [1.807, 2.05) is 48.5 Å². The first-order chi connectivity index (χ1) is 10.8. The highest BCUT2D eigenvalue weighted by Gasteiger charge is 2.22. The maximum absolute atomic E-state index is 5.97. The first-order valence-electron chi connectivity index (χ1n) is 7.10. The number of fused-ring (bicyclic) bond motifs is 1. The highest BCUT2D eigenvalue weighted by atomic mass is 35.5. The minimum atomic E-state index is 0.747. The molecule has 3 nitrogen and oxygen atoms in total. The standard InChI is InChI=1S/C18H13ClN2O/c19-14-9-7-13(8-10-14)12-21-16-5-2-1-4-15(16)20-18(21)17-6-3-11-22-17/h1-11H,12H2/p+1. The summed E-state index contributed by atoms with van der Waals surface area (Å²) < 4.78 is 7.79. The number of hydrogen-bond acceptors (Lipinski definition) is 1. The normalized spacial score (nSPS) is 11.1. The smallest absolute Gasteiger partial charge is 0.324 e. The molecular weight excluding hydrogens is 296 g/mol. The third kappa shape index (κ3) is 2.30. The SMILES string of the molecule is Clc1ccc(C[n+]2c(-c3ccco3)[nH]c3ccccc32)cc1. The van der Waals surface area contributed by atoms with E-state index in [-0.39, 0.29) is 0 Å². The van der Waals surface area contributed by atoms with Crippen LogP contribution in [0.5, 0.6) is 0 Å². The summed E-state index contributed by atoms with van der Waals surface area (Å²) in [5.74, 6) is 1.78. The molecule has 4 rings (SSSR count). The van der Waals surface area contributed by atoms with Crippen LogP contribution in [0, 0.1) is 0 Å². The molecule has 1 N–H and O–H groups in total. The Labute approximate surface area is 132 Å². The fourth-order valence-electron chi connectivity index (χ4n) is 2.67. The van der Waals surface area contributed by atoms with Gasteiger partial charge in [0.1, 0.15) is 6.54 Å². The molecule has 4 aromatic rings. The summed E-state index contributed by atoms with van der Waals surface area (Å²) in [7, 11) is 0. The van der Waals surface area contributed by atoms with Crippen molar-refractivity contribution in [3.05, 3.63) is 77.5 Å². The van der Waals surface area contributed by atoms with Crippen LogP contribution in [-0.2, 0) is 6.54 Å². The van der Waals surface area contributed by atoms with E-state index < -0.39 is 0 Å². The van der Waals surface area contributed by atoms with E-state index in [0.717, 1.165) is 34.2 Å². The highest BCUT2D eigenvalue weighted by Crippen LogP contribution is 2.20. The number of nitrogens with zero attached hydrogens (tertiary/aromatic N) is 1. The Morgan fingerprint density at radius 2 is 1.77 bits per heavy atom. The van der Waals surface area contributed by atoms with Crippen molar-refractivity contribution >= 4 is 22.6 Å². The van der Waals surface area contributed by atoms with Gasteiger partial charge in [0, 0.05) is 5.02 Å². The number of hydrogen-bond donors (Lipinski definition) is 1. The second kappa shape index (κ2) is 5.35. The van der Waals surface area contributed by atoms with Crippen LogP contribution in [0.25, 0.3) is 22.6 Å². The lowest BCUT2D eigenvalue weighted by atomic mass is 10.2. The Bertz CT molecular complexity index is 908. The molecule has 0 aliphatic heterocycles. The molecule has 2 aromatic heterocycles. The van der Waals surface area contributed by atoms with E-state index >= 15 is 0 Å². The molecule has 2 heterocycles. The summed E-state index contributed by atoms with van der Waals surface area (Å²) >= 11 is 5.97. The molecule has 22 heavy (non-hydrogen) atoms. The van der Waals surface area contributed by atoms with Crippen LogP contribution in [0.2, 0.25) is 5.02 Å². The van der Waals surface area contributed by atoms with Crippen LogP contribution >= 0.6 is 11.6 Å². The number of aromatic nitrogens is 2. The maximum Gasteiger partial charge on any atom is 0.324 e. The molecule has 0 radical (unpaired) electrons. The van der Waals surface area contributed by atoms with Gasteiger partial charge in [0.2, 0.25) is 5.76 Å². The zero-order valence-corrected chi connectivity index (χ0v) is 12.5. The molecular formula is C18H14ClN2O+. The number of imidazole rings is 1. The number of H-pyrrole nitrogens is 1. The van der Waals surface area contributed by atoms with E-state index in [0.29, 0.717) is 0 Å². The predicted molar refractivity (Wildman–Crippen MR) is 86.7 cm³/mol. The monoisotopic (exact) mass is 309 g/mol. The van der Waals surface area contributed by atoms with Gasteiger partial charge in [-0.1, -0.05) is 35.9 Å². The van der Waals surface area contributed by atoms with Crippen LogP contribution in [0.3, 0.4) is 0 Å². The molecule has 0 unspecified atom stereocenters. The van der Waals surface area contributed by atoms with Gasteiger partial charge >= 0.3 is 5.82 Å². The second-order valence-electron chi connectivity index (χ2n) is 5.18. The predicted octanol–water partition coefficient (Wildman–Crippen LogP) is 4.42. The van der Waals surface area contributed by atoms with Crippen molar-refractivity contribution in [3.63, 3.8) is 0 Å². The Morgan fingerprint density at radius 1 is 0.955 bits per heavy atom. The van der Waals surface area contributed by atoms with E-state index in [2.05, 4.69) is 21.7 Å². The van der Waals surface area contributed by atoms with Crippen LogP contribution in [-0.4, -0.2) is 4.98 Å². The Morgan fingerprint density at radius 3 is 2.55 bits per heavy atom. The number of nitrogens with one attached hydrogen (secondary N) is 1. The van der Waals surface area contributed by atoms with Gasteiger partial charge in [-0.3, -0.25) is 0 Å². The van der Waals surface area contributed by atoms with Crippen molar-refractivity contribution < 1.29 is 8.98 Å². The number of halogens is 1. The lowest BCUT2D eigenvalue weighted by Crippen LogP contribution is -2.35. The Hall–Kier alpha value is -2.52. The number of benzene rings is 2. The summed E-state index contributed by atoms with van der Waals surface area (Å²) in [5, 5.41) is 0.749. The first-order valence-corrected chi connectivity index (χ1v) is 7.48. The van der Waals surface area contributed by atoms with Crippen LogP contribution < -0.4 is 4.57 Å². The molecule has 0 bridgehead atoms. The van der Waals surface area contributed by atoms with Gasteiger partial charge in [0.25, 0.3) is 0 Å². The lowest BCUT2D eigenvalue weighted by molar-refractivity contribution is -0.651. The first kappa shape index (κ1) is 13.2. The van der Waals surface area contributed by atoms with E-state index in [9.17, 15) is 0 Å². The number of rotatable bonds is 3. The van der Waals surface area contributed by atoms with Gasteiger partial charge in [0.05, 0.1) is 6.26 Å². The second-order valence-corrected chi connectivity index (χ2v) is 5.62. The fourth-order valence-corrected chi connectivity index (χ4v) is 2.80. The number of aromatic amines is 1. The van der Waals surface area contributed by atoms with Gasteiger partial charge < -0.3 is 4.42 Å². The van der Waals surface area contributed by atoms with E-state index in [1.54, 1.807) is 6.26 Å². The molecule has 0 aliphatic carbocycles. The quantitative estimate of drug-likeness (QED) is 0.558. The van der Waals surface area contributed by atoms with Crippen LogP contribution in [0.4, 0.5) is 0 Å². The molecule has 0 atom stereocenters. The Balaban J connectivity index is 1.87. The van der Waals surface area contributed by atoms with Gasteiger partial charge in [-0.05, 0) is 42.0 Å². The summed E-state index contributed by atoms with van der Waals surface area (Å²) in [6.45, 7) is 0.747. The largest absolute Gasteiger partial charge is 0.456 e. The summed E-state index contributed by atoms with van der Waals surface area (Å²) in [4.78, 5) is 3.44.